The molecule has 4 aromatic rings. The molecule has 3 aromatic carbocycles. The molecule has 0 atom stereocenters. The molecule has 1 aliphatic rings. The molecule has 0 saturated heterocycles. The molecule has 2 heterocycles. The number of benzene rings is 3. The van der Waals surface area contributed by atoms with Crippen molar-refractivity contribution in [3.05, 3.63) is 102 Å². The molecule has 0 saturated carbocycles. The van der Waals surface area contributed by atoms with Gasteiger partial charge in [-0.25, -0.2) is 4.98 Å². The first-order chi connectivity index (χ1) is 15.4. The van der Waals surface area contributed by atoms with Gasteiger partial charge in [0.2, 0.25) is 0 Å². The number of anilines is 1. The van der Waals surface area contributed by atoms with Crippen molar-refractivity contribution < 1.29 is 4.79 Å². The second kappa shape index (κ2) is 8.29. The van der Waals surface area contributed by atoms with E-state index in [9.17, 15) is 9.59 Å². The summed E-state index contributed by atoms with van der Waals surface area (Å²) in [6.07, 6.45) is 1.73. The van der Waals surface area contributed by atoms with Crippen LogP contribution in [0.2, 0.25) is 0 Å². The Morgan fingerprint density at radius 1 is 1.03 bits per heavy atom. The number of hydrogen-bond donors (Lipinski definition) is 0. The third kappa shape index (κ3) is 3.69. The minimum atomic E-state index is -0.127. The normalized spacial score (nSPS) is 14.4. The Balaban J connectivity index is 1.76. The topological polar surface area (TPSA) is 55.2 Å². The Kier molecular flexibility index (Phi) is 5.46. The maximum atomic E-state index is 13.5. The summed E-state index contributed by atoms with van der Waals surface area (Å²) in [7, 11) is 1.75. The summed E-state index contributed by atoms with van der Waals surface area (Å²) in [5.41, 5.74) is 3.63. The summed E-state index contributed by atoms with van der Waals surface area (Å²) in [5, 5.41) is 0.563. The molecule has 0 bridgehead atoms. The predicted molar refractivity (Wildman–Crippen MR) is 140 cm³/mol. The van der Waals surface area contributed by atoms with E-state index in [4.69, 9.17) is 4.98 Å². The summed E-state index contributed by atoms with van der Waals surface area (Å²) < 4.78 is 3.50. The van der Waals surface area contributed by atoms with Gasteiger partial charge in [-0.1, -0.05) is 46.3 Å². The number of nitrogens with zero attached hydrogens (tertiary/aromatic N) is 3. The molecule has 0 N–H and O–H groups in total. The maximum absolute atomic E-state index is 13.5. The van der Waals surface area contributed by atoms with E-state index in [1.807, 2.05) is 66.7 Å². The van der Waals surface area contributed by atoms with Crippen LogP contribution in [0.4, 0.5) is 5.69 Å². The van der Waals surface area contributed by atoms with Crippen molar-refractivity contribution >= 4 is 72.7 Å². The number of hydrogen-bond acceptors (Lipinski definition) is 3. The molecule has 0 aliphatic carbocycles. The Hall–Kier alpha value is -2.78. The number of fused-ring (bicyclic) bond motifs is 2. The van der Waals surface area contributed by atoms with Crippen LogP contribution in [0.1, 0.15) is 17.0 Å². The Morgan fingerprint density at radius 3 is 2.59 bits per heavy atom. The fourth-order valence-electron chi connectivity index (χ4n) is 3.93. The first-order valence-corrected chi connectivity index (χ1v) is 11.8. The quantitative estimate of drug-likeness (QED) is 0.237. The number of amides is 1. The Labute approximate surface area is 206 Å². The van der Waals surface area contributed by atoms with Crippen molar-refractivity contribution in [2.24, 2.45) is 0 Å². The van der Waals surface area contributed by atoms with Crippen molar-refractivity contribution in [1.29, 1.82) is 0 Å². The monoisotopic (exact) mass is 597 g/mol. The van der Waals surface area contributed by atoms with Crippen LogP contribution in [0.5, 0.6) is 0 Å². The Morgan fingerprint density at radius 2 is 1.81 bits per heavy atom. The highest BCUT2D eigenvalue weighted by molar-refractivity contribution is 14.1. The van der Waals surface area contributed by atoms with Gasteiger partial charge in [-0.2, -0.15) is 0 Å². The van der Waals surface area contributed by atoms with Gasteiger partial charge in [0.05, 0.1) is 28.7 Å². The molecule has 5 rings (SSSR count). The first-order valence-electron chi connectivity index (χ1n) is 9.96. The van der Waals surface area contributed by atoms with Gasteiger partial charge in [0.25, 0.3) is 11.5 Å². The van der Waals surface area contributed by atoms with Gasteiger partial charge in [0.15, 0.2) is 0 Å². The smallest absolute Gasteiger partial charge is 0.261 e. The molecule has 0 fully saturated rings. The van der Waals surface area contributed by atoms with Crippen molar-refractivity contribution in [1.82, 2.24) is 9.55 Å². The highest BCUT2D eigenvalue weighted by Gasteiger charge is 2.30. The second-order valence-electron chi connectivity index (χ2n) is 7.59. The van der Waals surface area contributed by atoms with Gasteiger partial charge in [-0.05, 0) is 70.6 Å². The lowest BCUT2D eigenvalue weighted by atomic mass is 10.1. The van der Waals surface area contributed by atoms with Crippen molar-refractivity contribution in [3.8, 4) is 0 Å². The lowest BCUT2D eigenvalue weighted by Crippen LogP contribution is -2.25. The molecule has 5 nitrogen and oxygen atoms in total. The van der Waals surface area contributed by atoms with Gasteiger partial charge < -0.3 is 4.90 Å². The number of aromatic nitrogens is 2. The highest BCUT2D eigenvalue weighted by Crippen LogP contribution is 2.38. The van der Waals surface area contributed by atoms with Crippen LogP contribution < -0.4 is 10.5 Å². The van der Waals surface area contributed by atoms with E-state index in [-0.39, 0.29) is 11.5 Å². The molecule has 158 valence electrons. The van der Waals surface area contributed by atoms with Gasteiger partial charge in [-0.15, -0.1) is 0 Å². The van der Waals surface area contributed by atoms with Crippen LogP contribution in [0, 0.1) is 3.57 Å². The van der Waals surface area contributed by atoms with E-state index >= 15 is 0 Å². The van der Waals surface area contributed by atoms with Crippen LogP contribution in [0.3, 0.4) is 0 Å². The minimum absolute atomic E-state index is 0.124. The first kappa shape index (κ1) is 21.1. The lowest BCUT2D eigenvalue weighted by Gasteiger charge is -2.12. The van der Waals surface area contributed by atoms with Gasteiger partial charge in [0.1, 0.15) is 5.82 Å². The van der Waals surface area contributed by atoms with Crippen LogP contribution in [-0.4, -0.2) is 22.5 Å². The predicted octanol–water partition coefficient (Wildman–Crippen LogP) is 5.33. The summed E-state index contributed by atoms with van der Waals surface area (Å²) in [6.45, 7) is 0.364. The van der Waals surface area contributed by atoms with Crippen LogP contribution in [0.25, 0.3) is 22.6 Å². The zero-order valence-corrected chi connectivity index (χ0v) is 20.8. The molecule has 0 unspecified atom stereocenters. The number of halogens is 2. The van der Waals surface area contributed by atoms with Crippen LogP contribution in [0.15, 0.2) is 76.0 Å². The fraction of sp³-hybridized carbons (Fsp3) is 0.0800. The third-order valence-corrected chi connectivity index (χ3v) is 6.71. The highest BCUT2D eigenvalue weighted by atomic mass is 127. The molecule has 1 aliphatic heterocycles. The van der Waals surface area contributed by atoms with Crippen molar-refractivity contribution in [2.45, 2.75) is 6.54 Å². The van der Waals surface area contributed by atoms with E-state index < -0.39 is 0 Å². The van der Waals surface area contributed by atoms with Crippen molar-refractivity contribution in [2.75, 3.05) is 11.9 Å². The van der Waals surface area contributed by atoms with Crippen molar-refractivity contribution in [3.63, 3.8) is 0 Å². The van der Waals surface area contributed by atoms with Crippen LogP contribution >= 0.6 is 38.5 Å². The number of likely N-dealkylation sites (N-methyl/N-ethyl adjacent to an activating group) is 1. The van der Waals surface area contributed by atoms with E-state index in [0.717, 1.165) is 24.9 Å². The number of carbonyl (C=O) groups is 1. The third-order valence-electron chi connectivity index (χ3n) is 5.55. The molecule has 7 heteroatoms. The summed E-state index contributed by atoms with van der Waals surface area (Å²) in [6, 6.07) is 21.1. The zero-order chi connectivity index (χ0) is 22.4. The maximum Gasteiger partial charge on any atom is 0.261 e. The molecular weight excluding hydrogens is 581 g/mol. The van der Waals surface area contributed by atoms with Crippen LogP contribution in [-0.2, 0) is 11.3 Å². The van der Waals surface area contributed by atoms with E-state index in [1.54, 1.807) is 22.6 Å². The molecule has 1 amide bonds. The summed E-state index contributed by atoms with van der Waals surface area (Å²) in [5.74, 6) is 0.332. The second-order valence-corrected chi connectivity index (χ2v) is 9.75. The molecule has 0 spiro atoms. The van der Waals surface area contributed by atoms with Gasteiger partial charge >= 0.3 is 0 Å². The standard InChI is InChI=1S/C25H17BrIN3O2/c1-29-22-10-7-16(26)11-18(22)19(24(29)31)13-23-28-21-9-8-17(27)12-20(21)25(32)30(23)14-15-5-3-2-4-6-15/h2-13H,14H2,1H3. The van der Waals surface area contributed by atoms with E-state index in [2.05, 4.69) is 38.5 Å². The van der Waals surface area contributed by atoms with E-state index in [1.165, 1.54) is 0 Å². The average molecular weight is 598 g/mol. The van der Waals surface area contributed by atoms with E-state index in [0.29, 0.717) is 28.8 Å². The SMILES string of the molecule is CN1C(=O)C(=Cc2nc3ccc(I)cc3c(=O)n2Cc2ccccc2)c2cc(Br)ccc21. The summed E-state index contributed by atoms with van der Waals surface area (Å²) >= 11 is 5.69. The zero-order valence-electron chi connectivity index (χ0n) is 17.0. The number of carbonyl (C=O) groups excluding carboxylic acids is 1. The van der Waals surface area contributed by atoms with Gasteiger partial charge in [-0.3, -0.25) is 14.2 Å². The fourth-order valence-corrected chi connectivity index (χ4v) is 4.78. The average Bonchev–Trinajstić information content (AvgIpc) is 3.01. The molecule has 0 radical (unpaired) electrons. The molecule has 32 heavy (non-hydrogen) atoms. The Bertz CT molecular complexity index is 1480. The summed E-state index contributed by atoms with van der Waals surface area (Å²) in [4.78, 5) is 33.0. The number of rotatable bonds is 3. The molecule has 1 aromatic heterocycles. The molecular formula is C25H17BrIN3O2. The van der Waals surface area contributed by atoms with Gasteiger partial charge in [0, 0.05) is 20.7 Å². The largest absolute Gasteiger partial charge is 0.311 e. The minimum Gasteiger partial charge on any atom is -0.311 e. The lowest BCUT2D eigenvalue weighted by molar-refractivity contribution is -0.112.